The van der Waals surface area contributed by atoms with E-state index < -0.39 is 0 Å². The third kappa shape index (κ3) is 3.35. The highest BCUT2D eigenvalue weighted by Gasteiger charge is 2.21. The lowest BCUT2D eigenvalue weighted by molar-refractivity contribution is 0.115. The van der Waals surface area contributed by atoms with Crippen molar-refractivity contribution in [1.29, 1.82) is 0 Å². The van der Waals surface area contributed by atoms with Crippen molar-refractivity contribution < 1.29 is 9.94 Å². The number of nitrogens with zero attached hydrogens (tertiary/aromatic N) is 2. The second-order valence-corrected chi connectivity index (χ2v) is 5.26. The molecule has 20 heavy (non-hydrogen) atoms. The molecule has 1 aromatic rings. The lowest BCUT2D eigenvalue weighted by Crippen LogP contribution is -2.33. The van der Waals surface area contributed by atoms with Gasteiger partial charge in [-0.1, -0.05) is 16.8 Å². The summed E-state index contributed by atoms with van der Waals surface area (Å²) in [5.41, 5.74) is 7.29. The third-order valence-corrected chi connectivity index (χ3v) is 3.75. The molecule has 1 fully saturated rings. The Morgan fingerprint density at radius 1 is 1.60 bits per heavy atom. The average Bonchev–Trinajstić information content (AvgIpc) is 2.97. The van der Waals surface area contributed by atoms with Crippen LogP contribution in [0.15, 0.2) is 23.4 Å². The Hall–Kier alpha value is -1.46. The lowest BCUT2D eigenvalue weighted by atomic mass is 10.1. The largest absolute Gasteiger partial charge is 0.409 e. The van der Waals surface area contributed by atoms with Crippen LogP contribution >= 0.6 is 11.6 Å². The maximum Gasteiger partial charge on any atom is 0.172 e. The van der Waals surface area contributed by atoms with Crippen molar-refractivity contribution in [3.05, 3.63) is 28.8 Å². The van der Waals surface area contributed by atoms with Gasteiger partial charge in [-0.3, -0.25) is 0 Å². The van der Waals surface area contributed by atoms with Gasteiger partial charge in [0.2, 0.25) is 0 Å². The summed E-state index contributed by atoms with van der Waals surface area (Å²) in [4.78, 5) is 2.15. The molecule has 0 aromatic heterocycles. The molecule has 1 aliphatic heterocycles. The number of hydrogen-bond donors (Lipinski definition) is 2. The molecule has 1 saturated heterocycles. The quantitative estimate of drug-likeness (QED) is 0.379. The molecule has 1 unspecified atom stereocenters. The second kappa shape index (κ2) is 6.81. The summed E-state index contributed by atoms with van der Waals surface area (Å²) < 4.78 is 5.68. The van der Waals surface area contributed by atoms with E-state index in [-0.39, 0.29) is 11.9 Å². The Kier molecular flexibility index (Phi) is 5.09. The molecule has 0 saturated carbocycles. The van der Waals surface area contributed by atoms with Gasteiger partial charge in [0, 0.05) is 36.0 Å². The van der Waals surface area contributed by atoms with Crippen LogP contribution in [0.25, 0.3) is 0 Å². The SMILES string of the molecule is CCN(CC1CCCO1)c1cc(Cl)ccc1C(N)=NO. The molecular weight excluding hydrogens is 278 g/mol. The first-order valence-corrected chi connectivity index (χ1v) is 7.17. The van der Waals surface area contributed by atoms with Crippen LogP contribution in [0.5, 0.6) is 0 Å². The number of benzene rings is 1. The Morgan fingerprint density at radius 2 is 2.40 bits per heavy atom. The van der Waals surface area contributed by atoms with E-state index >= 15 is 0 Å². The molecule has 0 spiro atoms. The van der Waals surface area contributed by atoms with Crippen LogP contribution in [0.4, 0.5) is 5.69 Å². The summed E-state index contributed by atoms with van der Waals surface area (Å²) in [6.45, 7) is 4.46. The molecular formula is C14H20ClN3O2. The molecule has 6 heteroatoms. The summed E-state index contributed by atoms with van der Waals surface area (Å²) in [5, 5.41) is 12.6. The third-order valence-electron chi connectivity index (χ3n) is 3.51. The smallest absolute Gasteiger partial charge is 0.172 e. The summed E-state index contributed by atoms with van der Waals surface area (Å²) in [5.74, 6) is 0.0856. The van der Waals surface area contributed by atoms with E-state index in [1.165, 1.54) is 0 Å². The Morgan fingerprint density at radius 3 is 3.00 bits per heavy atom. The predicted octanol–water partition coefficient (Wildman–Crippen LogP) is 2.44. The van der Waals surface area contributed by atoms with Crippen molar-refractivity contribution in [2.75, 3.05) is 24.6 Å². The van der Waals surface area contributed by atoms with E-state index in [1.807, 2.05) is 6.07 Å². The van der Waals surface area contributed by atoms with E-state index in [2.05, 4.69) is 17.0 Å². The van der Waals surface area contributed by atoms with Crippen LogP contribution < -0.4 is 10.6 Å². The number of anilines is 1. The lowest BCUT2D eigenvalue weighted by Gasteiger charge is -2.28. The van der Waals surface area contributed by atoms with Crippen molar-refractivity contribution >= 4 is 23.1 Å². The highest BCUT2D eigenvalue weighted by Crippen LogP contribution is 2.26. The number of nitrogens with two attached hydrogens (primary N) is 1. The molecule has 110 valence electrons. The number of likely N-dealkylation sites (N-methyl/N-ethyl adjacent to an activating group) is 1. The van der Waals surface area contributed by atoms with E-state index in [9.17, 15) is 0 Å². The van der Waals surface area contributed by atoms with Gasteiger partial charge in [0.15, 0.2) is 5.84 Å². The first-order chi connectivity index (χ1) is 9.65. The van der Waals surface area contributed by atoms with Gasteiger partial charge in [-0.05, 0) is 38.0 Å². The summed E-state index contributed by atoms with van der Waals surface area (Å²) in [7, 11) is 0. The van der Waals surface area contributed by atoms with Crippen LogP contribution in [-0.4, -0.2) is 36.8 Å². The summed E-state index contributed by atoms with van der Waals surface area (Å²) in [6.07, 6.45) is 2.40. The molecule has 3 N–H and O–H groups in total. The van der Waals surface area contributed by atoms with Gasteiger partial charge in [-0.25, -0.2) is 0 Å². The minimum atomic E-state index is 0.0856. The average molecular weight is 298 g/mol. The van der Waals surface area contributed by atoms with Crippen LogP contribution in [0.1, 0.15) is 25.3 Å². The summed E-state index contributed by atoms with van der Waals surface area (Å²) in [6, 6.07) is 5.34. The maximum absolute atomic E-state index is 8.91. The number of ether oxygens (including phenoxy) is 1. The zero-order valence-corrected chi connectivity index (χ0v) is 12.3. The first kappa shape index (κ1) is 14.9. The Balaban J connectivity index is 2.29. The van der Waals surface area contributed by atoms with Crippen molar-refractivity contribution in [2.24, 2.45) is 10.9 Å². The van der Waals surface area contributed by atoms with Gasteiger partial charge in [-0.2, -0.15) is 0 Å². The zero-order valence-electron chi connectivity index (χ0n) is 11.6. The standard InChI is InChI=1S/C14H20ClN3O2/c1-2-18(9-11-4-3-7-20-11)13-8-10(15)5-6-12(13)14(16)17-19/h5-6,8,11,19H,2-4,7,9H2,1H3,(H2,16,17). The fraction of sp³-hybridized carbons (Fsp3) is 0.500. The molecule has 0 radical (unpaired) electrons. The molecule has 5 nitrogen and oxygen atoms in total. The first-order valence-electron chi connectivity index (χ1n) is 6.79. The van der Waals surface area contributed by atoms with Crippen molar-refractivity contribution in [1.82, 2.24) is 0 Å². The van der Waals surface area contributed by atoms with E-state index in [0.29, 0.717) is 10.6 Å². The molecule has 0 amide bonds. The number of hydrogen-bond acceptors (Lipinski definition) is 4. The van der Waals surface area contributed by atoms with Gasteiger partial charge in [0.1, 0.15) is 0 Å². The molecule has 1 heterocycles. The van der Waals surface area contributed by atoms with Crippen molar-refractivity contribution in [3.63, 3.8) is 0 Å². The summed E-state index contributed by atoms with van der Waals surface area (Å²) >= 11 is 6.08. The monoisotopic (exact) mass is 297 g/mol. The fourth-order valence-electron chi connectivity index (χ4n) is 2.47. The molecule has 2 rings (SSSR count). The zero-order chi connectivity index (χ0) is 14.5. The fourth-order valence-corrected chi connectivity index (χ4v) is 2.64. The Bertz CT molecular complexity index is 487. The van der Waals surface area contributed by atoms with Crippen LogP contribution in [0.3, 0.4) is 0 Å². The number of rotatable bonds is 5. The van der Waals surface area contributed by atoms with E-state index in [4.69, 9.17) is 27.3 Å². The van der Waals surface area contributed by atoms with Gasteiger partial charge in [-0.15, -0.1) is 0 Å². The highest BCUT2D eigenvalue weighted by atomic mass is 35.5. The predicted molar refractivity (Wildman–Crippen MR) is 80.8 cm³/mol. The minimum absolute atomic E-state index is 0.0856. The molecule has 0 bridgehead atoms. The Labute approximate surface area is 124 Å². The van der Waals surface area contributed by atoms with Gasteiger partial charge in [0.25, 0.3) is 0 Å². The number of amidine groups is 1. The van der Waals surface area contributed by atoms with Crippen LogP contribution in [-0.2, 0) is 4.74 Å². The van der Waals surface area contributed by atoms with Gasteiger partial charge >= 0.3 is 0 Å². The molecule has 1 atom stereocenters. The van der Waals surface area contributed by atoms with E-state index in [0.717, 1.165) is 38.2 Å². The number of oxime groups is 1. The highest BCUT2D eigenvalue weighted by molar-refractivity contribution is 6.31. The van der Waals surface area contributed by atoms with Crippen molar-refractivity contribution in [3.8, 4) is 0 Å². The minimum Gasteiger partial charge on any atom is -0.409 e. The van der Waals surface area contributed by atoms with Gasteiger partial charge < -0.3 is 20.6 Å². The molecule has 0 aliphatic carbocycles. The van der Waals surface area contributed by atoms with E-state index in [1.54, 1.807) is 12.1 Å². The molecule has 1 aromatic carbocycles. The van der Waals surface area contributed by atoms with Crippen LogP contribution in [0.2, 0.25) is 5.02 Å². The van der Waals surface area contributed by atoms with Crippen LogP contribution in [0, 0.1) is 0 Å². The second-order valence-electron chi connectivity index (χ2n) is 4.82. The molecule has 1 aliphatic rings. The normalized spacial score (nSPS) is 19.3. The van der Waals surface area contributed by atoms with Crippen molar-refractivity contribution in [2.45, 2.75) is 25.9 Å². The number of halogens is 1. The maximum atomic E-state index is 8.91. The van der Waals surface area contributed by atoms with Gasteiger partial charge in [0.05, 0.1) is 6.10 Å². The topological polar surface area (TPSA) is 71.1 Å².